The number of rotatable bonds is 4. The monoisotopic (exact) mass is 333 g/mol. The summed E-state index contributed by atoms with van der Waals surface area (Å²) < 4.78 is 6.08. The van der Waals surface area contributed by atoms with Crippen molar-refractivity contribution in [3.05, 3.63) is 64.1 Å². The van der Waals surface area contributed by atoms with Crippen molar-refractivity contribution in [3.8, 4) is 5.75 Å². The Morgan fingerprint density at radius 2 is 1.90 bits per heavy atom. The molecule has 2 rings (SSSR count). The standard InChI is InChI=1S/C16H16BrNO2/c1-11(13-4-3-5-14(17)10-13)18-16(19)12-6-8-15(20-2)9-7-12/h3-11H,1-2H3,(H,18,19)/t11-/m1/s1. The topological polar surface area (TPSA) is 38.3 Å². The summed E-state index contributed by atoms with van der Waals surface area (Å²) in [6.45, 7) is 1.96. The maximum atomic E-state index is 12.1. The van der Waals surface area contributed by atoms with E-state index in [1.165, 1.54) is 0 Å². The van der Waals surface area contributed by atoms with Crippen LogP contribution in [0.4, 0.5) is 0 Å². The first-order chi connectivity index (χ1) is 9.60. The molecule has 1 N–H and O–H groups in total. The van der Waals surface area contributed by atoms with Crippen LogP contribution < -0.4 is 10.1 Å². The Morgan fingerprint density at radius 3 is 2.50 bits per heavy atom. The molecule has 0 spiro atoms. The third-order valence-corrected chi connectivity index (χ3v) is 3.54. The second-order valence-corrected chi connectivity index (χ2v) is 5.39. The largest absolute Gasteiger partial charge is 0.497 e. The third-order valence-electron chi connectivity index (χ3n) is 3.05. The molecule has 2 aromatic carbocycles. The van der Waals surface area contributed by atoms with Gasteiger partial charge in [0.1, 0.15) is 5.75 Å². The Labute approximate surface area is 127 Å². The van der Waals surface area contributed by atoms with Crippen LogP contribution in [0.5, 0.6) is 5.75 Å². The molecule has 2 aromatic rings. The fraction of sp³-hybridized carbons (Fsp3) is 0.188. The summed E-state index contributed by atoms with van der Waals surface area (Å²) >= 11 is 3.43. The van der Waals surface area contributed by atoms with Gasteiger partial charge in [-0.3, -0.25) is 4.79 Å². The van der Waals surface area contributed by atoms with Crippen LogP contribution in [-0.4, -0.2) is 13.0 Å². The Kier molecular flexibility index (Phi) is 4.79. The van der Waals surface area contributed by atoms with Gasteiger partial charge >= 0.3 is 0 Å². The minimum atomic E-state index is -0.0971. The second-order valence-electron chi connectivity index (χ2n) is 4.48. The molecule has 0 aliphatic rings. The van der Waals surface area contributed by atoms with E-state index in [4.69, 9.17) is 4.74 Å². The number of carbonyl (C=O) groups is 1. The van der Waals surface area contributed by atoms with E-state index < -0.39 is 0 Å². The summed E-state index contributed by atoms with van der Waals surface area (Å²) in [6.07, 6.45) is 0. The van der Waals surface area contributed by atoms with Gasteiger partial charge in [-0.2, -0.15) is 0 Å². The van der Waals surface area contributed by atoms with E-state index in [-0.39, 0.29) is 11.9 Å². The molecule has 4 heteroatoms. The number of amides is 1. The zero-order valence-corrected chi connectivity index (χ0v) is 13.0. The van der Waals surface area contributed by atoms with Crippen LogP contribution in [0.25, 0.3) is 0 Å². The molecule has 3 nitrogen and oxygen atoms in total. The van der Waals surface area contributed by atoms with Gasteiger partial charge in [0, 0.05) is 10.0 Å². The van der Waals surface area contributed by atoms with Gasteiger partial charge in [-0.15, -0.1) is 0 Å². The van der Waals surface area contributed by atoms with Crippen LogP contribution in [0.1, 0.15) is 28.9 Å². The van der Waals surface area contributed by atoms with Crippen molar-refractivity contribution in [2.24, 2.45) is 0 Å². The van der Waals surface area contributed by atoms with Crippen LogP contribution in [0.2, 0.25) is 0 Å². The zero-order valence-electron chi connectivity index (χ0n) is 11.4. The first-order valence-corrected chi connectivity index (χ1v) is 7.10. The van der Waals surface area contributed by atoms with Crippen LogP contribution >= 0.6 is 15.9 Å². The smallest absolute Gasteiger partial charge is 0.251 e. The Bertz CT molecular complexity index is 596. The molecule has 0 aromatic heterocycles. The summed E-state index contributed by atoms with van der Waals surface area (Å²) in [5, 5.41) is 2.98. The molecular formula is C16H16BrNO2. The summed E-state index contributed by atoms with van der Waals surface area (Å²) in [5.41, 5.74) is 1.67. The van der Waals surface area contributed by atoms with Gasteiger partial charge in [-0.05, 0) is 48.9 Å². The number of ether oxygens (including phenoxy) is 1. The fourth-order valence-corrected chi connectivity index (χ4v) is 2.30. The van der Waals surface area contributed by atoms with E-state index in [1.807, 2.05) is 31.2 Å². The zero-order chi connectivity index (χ0) is 14.5. The molecule has 20 heavy (non-hydrogen) atoms. The molecule has 1 amide bonds. The van der Waals surface area contributed by atoms with E-state index in [1.54, 1.807) is 31.4 Å². The van der Waals surface area contributed by atoms with Crippen molar-refractivity contribution in [2.45, 2.75) is 13.0 Å². The SMILES string of the molecule is COc1ccc(C(=O)N[C@H](C)c2cccc(Br)c2)cc1. The molecule has 0 unspecified atom stereocenters. The lowest BCUT2D eigenvalue weighted by Gasteiger charge is -2.15. The number of methoxy groups -OCH3 is 1. The number of nitrogens with one attached hydrogen (secondary N) is 1. The number of carbonyl (C=O) groups excluding carboxylic acids is 1. The van der Waals surface area contributed by atoms with Crippen molar-refractivity contribution < 1.29 is 9.53 Å². The highest BCUT2D eigenvalue weighted by Gasteiger charge is 2.11. The minimum Gasteiger partial charge on any atom is -0.497 e. The molecule has 0 aliphatic heterocycles. The van der Waals surface area contributed by atoms with Gasteiger partial charge in [0.15, 0.2) is 0 Å². The third kappa shape index (κ3) is 3.61. The molecule has 0 saturated carbocycles. The van der Waals surface area contributed by atoms with E-state index in [2.05, 4.69) is 21.2 Å². The maximum absolute atomic E-state index is 12.1. The molecule has 0 bridgehead atoms. The summed E-state index contributed by atoms with van der Waals surface area (Å²) in [4.78, 5) is 12.1. The molecule has 0 saturated heterocycles. The molecule has 0 aliphatic carbocycles. The summed E-state index contributed by atoms with van der Waals surface area (Å²) in [7, 11) is 1.60. The number of hydrogen-bond donors (Lipinski definition) is 1. The van der Waals surface area contributed by atoms with Crippen molar-refractivity contribution in [1.82, 2.24) is 5.32 Å². The Morgan fingerprint density at radius 1 is 1.20 bits per heavy atom. The first kappa shape index (κ1) is 14.6. The summed E-state index contributed by atoms with van der Waals surface area (Å²) in [6, 6.07) is 14.9. The van der Waals surface area contributed by atoms with Crippen molar-refractivity contribution in [1.29, 1.82) is 0 Å². The van der Waals surface area contributed by atoms with Crippen molar-refractivity contribution in [2.75, 3.05) is 7.11 Å². The Balaban J connectivity index is 2.06. The predicted molar refractivity (Wildman–Crippen MR) is 83.0 cm³/mol. The van der Waals surface area contributed by atoms with Gasteiger partial charge < -0.3 is 10.1 Å². The van der Waals surface area contributed by atoms with Gasteiger partial charge in [0.05, 0.1) is 13.2 Å². The van der Waals surface area contributed by atoms with Gasteiger partial charge in [0.2, 0.25) is 0 Å². The molecular weight excluding hydrogens is 318 g/mol. The lowest BCUT2D eigenvalue weighted by Crippen LogP contribution is -2.26. The van der Waals surface area contributed by atoms with E-state index in [0.717, 1.165) is 15.8 Å². The van der Waals surface area contributed by atoms with Gasteiger partial charge in [-0.25, -0.2) is 0 Å². The summed E-state index contributed by atoms with van der Waals surface area (Å²) in [5.74, 6) is 0.640. The highest BCUT2D eigenvalue weighted by Crippen LogP contribution is 2.18. The molecule has 0 radical (unpaired) electrons. The lowest BCUT2D eigenvalue weighted by molar-refractivity contribution is 0.0940. The molecule has 0 heterocycles. The average molecular weight is 334 g/mol. The van der Waals surface area contributed by atoms with Crippen LogP contribution in [-0.2, 0) is 0 Å². The van der Waals surface area contributed by atoms with E-state index >= 15 is 0 Å². The van der Waals surface area contributed by atoms with Crippen molar-refractivity contribution >= 4 is 21.8 Å². The van der Waals surface area contributed by atoms with Crippen molar-refractivity contribution in [3.63, 3.8) is 0 Å². The van der Waals surface area contributed by atoms with Crippen LogP contribution in [0.3, 0.4) is 0 Å². The lowest BCUT2D eigenvalue weighted by atomic mass is 10.1. The normalized spacial score (nSPS) is 11.8. The van der Waals surface area contributed by atoms with Crippen LogP contribution in [0.15, 0.2) is 53.0 Å². The highest BCUT2D eigenvalue weighted by molar-refractivity contribution is 9.10. The fourth-order valence-electron chi connectivity index (χ4n) is 1.88. The highest BCUT2D eigenvalue weighted by atomic mass is 79.9. The number of hydrogen-bond acceptors (Lipinski definition) is 2. The van der Waals surface area contributed by atoms with E-state index in [0.29, 0.717) is 5.56 Å². The predicted octanol–water partition coefficient (Wildman–Crippen LogP) is 3.95. The number of halogens is 1. The average Bonchev–Trinajstić information content (AvgIpc) is 2.47. The quantitative estimate of drug-likeness (QED) is 0.919. The maximum Gasteiger partial charge on any atom is 0.251 e. The van der Waals surface area contributed by atoms with Gasteiger partial charge in [0.25, 0.3) is 5.91 Å². The molecule has 104 valence electrons. The molecule has 0 fully saturated rings. The van der Waals surface area contributed by atoms with E-state index in [9.17, 15) is 4.79 Å². The first-order valence-electron chi connectivity index (χ1n) is 6.30. The van der Waals surface area contributed by atoms with Gasteiger partial charge in [-0.1, -0.05) is 28.1 Å². The molecule has 1 atom stereocenters. The number of benzene rings is 2. The van der Waals surface area contributed by atoms with Crippen LogP contribution in [0, 0.1) is 0 Å². The minimum absolute atomic E-state index is 0.0536. The second kappa shape index (κ2) is 6.57. The Hall–Kier alpha value is -1.81.